The van der Waals surface area contributed by atoms with Gasteiger partial charge in [0.25, 0.3) is 5.91 Å². The van der Waals surface area contributed by atoms with Crippen LogP contribution in [0.1, 0.15) is 34.9 Å². The maximum Gasteiger partial charge on any atom is 0.257 e. The second-order valence-corrected chi connectivity index (χ2v) is 5.60. The van der Waals surface area contributed by atoms with E-state index >= 15 is 0 Å². The highest BCUT2D eigenvalue weighted by Gasteiger charge is 2.32. The number of anilines is 1. The topological polar surface area (TPSA) is 72.1 Å². The van der Waals surface area contributed by atoms with Crippen molar-refractivity contribution >= 4 is 23.3 Å². The molecule has 3 rings (SSSR count). The molecule has 1 aliphatic heterocycles. The summed E-state index contributed by atoms with van der Waals surface area (Å²) < 4.78 is 14.0. The van der Waals surface area contributed by atoms with Crippen molar-refractivity contribution in [3.8, 4) is 0 Å². The number of hydrogen-bond acceptors (Lipinski definition) is 4. The second-order valence-electron chi connectivity index (χ2n) is 5.16. The average Bonchev–Trinajstić information content (AvgIpc) is 2.97. The molecule has 1 fully saturated rings. The van der Waals surface area contributed by atoms with E-state index in [1.807, 2.05) is 0 Å². The molecule has 0 saturated carbocycles. The fourth-order valence-electron chi connectivity index (χ4n) is 2.67. The van der Waals surface area contributed by atoms with Crippen LogP contribution >= 0.6 is 11.6 Å². The van der Waals surface area contributed by atoms with Gasteiger partial charge in [0.2, 0.25) is 0 Å². The summed E-state index contributed by atoms with van der Waals surface area (Å²) in [4.78, 5) is 14.2. The van der Waals surface area contributed by atoms with Gasteiger partial charge in [-0.1, -0.05) is 11.6 Å². The zero-order valence-corrected chi connectivity index (χ0v) is 12.4. The summed E-state index contributed by atoms with van der Waals surface area (Å²) in [6.07, 6.45) is 1.59. The van der Waals surface area contributed by atoms with Gasteiger partial charge >= 0.3 is 0 Å². The van der Waals surface area contributed by atoms with E-state index in [1.54, 1.807) is 17.0 Å². The van der Waals surface area contributed by atoms with Crippen LogP contribution in [0.15, 0.2) is 30.3 Å². The fourth-order valence-corrected chi connectivity index (χ4v) is 2.82. The van der Waals surface area contributed by atoms with E-state index in [2.05, 4.69) is 10.2 Å². The van der Waals surface area contributed by atoms with Crippen molar-refractivity contribution in [1.29, 1.82) is 0 Å². The molecule has 0 spiro atoms. The first kappa shape index (κ1) is 14.7. The van der Waals surface area contributed by atoms with E-state index in [4.69, 9.17) is 17.3 Å². The van der Waals surface area contributed by atoms with E-state index in [-0.39, 0.29) is 22.5 Å². The number of amides is 1. The molecule has 1 aliphatic rings. The number of rotatable bonds is 2. The molecule has 5 nitrogen and oxygen atoms in total. The molecule has 22 heavy (non-hydrogen) atoms. The molecule has 1 atom stereocenters. The third kappa shape index (κ3) is 2.74. The molecule has 1 unspecified atom stereocenters. The Morgan fingerprint density at radius 2 is 2.14 bits per heavy atom. The van der Waals surface area contributed by atoms with Crippen LogP contribution in [0.3, 0.4) is 0 Å². The Balaban J connectivity index is 1.89. The average molecular weight is 321 g/mol. The summed E-state index contributed by atoms with van der Waals surface area (Å²) in [7, 11) is 0. The van der Waals surface area contributed by atoms with Gasteiger partial charge in [0.05, 0.1) is 17.3 Å². The summed E-state index contributed by atoms with van der Waals surface area (Å²) in [5.74, 6) is -0.662. The van der Waals surface area contributed by atoms with E-state index in [9.17, 15) is 9.18 Å². The van der Waals surface area contributed by atoms with Crippen LogP contribution in [0.5, 0.6) is 0 Å². The van der Waals surface area contributed by atoms with Crippen molar-refractivity contribution in [1.82, 2.24) is 15.1 Å². The minimum Gasteiger partial charge on any atom is -0.382 e. The second kappa shape index (κ2) is 5.88. The van der Waals surface area contributed by atoms with Gasteiger partial charge in [0, 0.05) is 11.6 Å². The monoisotopic (exact) mass is 320 g/mol. The molecular weight excluding hydrogens is 307 g/mol. The third-order valence-corrected chi connectivity index (χ3v) is 3.96. The molecule has 0 bridgehead atoms. The predicted molar refractivity (Wildman–Crippen MR) is 80.9 cm³/mol. The zero-order chi connectivity index (χ0) is 15.7. The van der Waals surface area contributed by atoms with Gasteiger partial charge in [0.1, 0.15) is 11.6 Å². The largest absolute Gasteiger partial charge is 0.382 e. The molecule has 7 heteroatoms. The van der Waals surface area contributed by atoms with Gasteiger partial charge < -0.3 is 10.6 Å². The van der Waals surface area contributed by atoms with Crippen molar-refractivity contribution in [2.45, 2.75) is 18.9 Å². The number of nitrogen functional groups attached to an aromatic ring is 1. The van der Waals surface area contributed by atoms with Crippen LogP contribution in [-0.4, -0.2) is 27.5 Å². The summed E-state index contributed by atoms with van der Waals surface area (Å²) in [6, 6.07) is 7.23. The van der Waals surface area contributed by atoms with E-state index in [0.717, 1.165) is 18.9 Å². The first-order valence-electron chi connectivity index (χ1n) is 6.91. The quantitative estimate of drug-likeness (QED) is 0.923. The van der Waals surface area contributed by atoms with Crippen LogP contribution < -0.4 is 5.73 Å². The zero-order valence-electron chi connectivity index (χ0n) is 11.7. The standard InChI is InChI=1S/C15H14ClFN4O/c16-9-3-4-10(11(17)8-9)15(22)21-7-1-2-13(21)12-5-6-14(18)20-19-12/h3-6,8,13H,1-2,7H2,(H2,18,20). The Morgan fingerprint density at radius 1 is 1.32 bits per heavy atom. The highest BCUT2D eigenvalue weighted by Crippen LogP contribution is 2.32. The number of carbonyl (C=O) groups excluding carboxylic acids is 1. The number of benzene rings is 1. The molecule has 1 aromatic heterocycles. The highest BCUT2D eigenvalue weighted by atomic mass is 35.5. The summed E-state index contributed by atoms with van der Waals surface area (Å²) in [5, 5.41) is 8.12. The maximum atomic E-state index is 14.0. The van der Waals surface area contributed by atoms with Gasteiger partial charge in [-0.25, -0.2) is 4.39 Å². The summed E-state index contributed by atoms with van der Waals surface area (Å²) >= 11 is 5.73. The van der Waals surface area contributed by atoms with Crippen LogP contribution in [0.25, 0.3) is 0 Å². The van der Waals surface area contributed by atoms with Crippen LogP contribution in [0.4, 0.5) is 10.2 Å². The number of aromatic nitrogens is 2. The molecule has 1 saturated heterocycles. The van der Waals surface area contributed by atoms with Gasteiger partial charge in [0.15, 0.2) is 0 Å². The van der Waals surface area contributed by atoms with Gasteiger partial charge in [-0.2, -0.15) is 5.10 Å². The van der Waals surface area contributed by atoms with E-state index < -0.39 is 5.82 Å². The van der Waals surface area contributed by atoms with Crippen molar-refractivity contribution in [3.63, 3.8) is 0 Å². The molecule has 0 radical (unpaired) electrons. The van der Waals surface area contributed by atoms with Gasteiger partial charge in [-0.05, 0) is 43.2 Å². The fraction of sp³-hybridized carbons (Fsp3) is 0.267. The van der Waals surface area contributed by atoms with E-state index in [0.29, 0.717) is 18.1 Å². The number of carbonyl (C=O) groups is 1. The van der Waals surface area contributed by atoms with Crippen LogP contribution in [-0.2, 0) is 0 Å². The van der Waals surface area contributed by atoms with E-state index in [1.165, 1.54) is 12.1 Å². The van der Waals surface area contributed by atoms with Crippen molar-refractivity contribution in [2.75, 3.05) is 12.3 Å². The lowest BCUT2D eigenvalue weighted by atomic mass is 10.1. The number of likely N-dealkylation sites (tertiary alicyclic amines) is 1. The number of hydrogen-bond donors (Lipinski definition) is 1. The smallest absolute Gasteiger partial charge is 0.257 e. The van der Waals surface area contributed by atoms with Crippen molar-refractivity contribution in [3.05, 3.63) is 52.4 Å². The highest BCUT2D eigenvalue weighted by molar-refractivity contribution is 6.30. The number of nitrogens with two attached hydrogens (primary N) is 1. The Hall–Kier alpha value is -2.21. The molecule has 0 aliphatic carbocycles. The summed E-state index contributed by atoms with van der Waals surface area (Å²) in [6.45, 7) is 0.553. The molecular formula is C15H14ClFN4O. The van der Waals surface area contributed by atoms with Crippen LogP contribution in [0.2, 0.25) is 5.02 Å². The third-order valence-electron chi connectivity index (χ3n) is 3.72. The first-order valence-corrected chi connectivity index (χ1v) is 7.29. The molecule has 1 aromatic carbocycles. The lowest BCUT2D eigenvalue weighted by Gasteiger charge is -2.24. The first-order chi connectivity index (χ1) is 10.6. The number of halogens is 2. The molecule has 2 heterocycles. The minimum atomic E-state index is -0.619. The van der Waals surface area contributed by atoms with Crippen molar-refractivity contribution < 1.29 is 9.18 Å². The van der Waals surface area contributed by atoms with Crippen molar-refractivity contribution in [2.24, 2.45) is 0 Å². The molecule has 1 amide bonds. The molecule has 2 N–H and O–H groups in total. The van der Waals surface area contributed by atoms with Gasteiger partial charge in [-0.3, -0.25) is 4.79 Å². The van der Waals surface area contributed by atoms with Gasteiger partial charge in [-0.15, -0.1) is 5.10 Å². The maximum absolute atomic E-state index is 14.0. The summed E-state index contributed by atoms with van der Waals surface area (Å²) in [5.41, 5.74) is 6.20. The SMILES string of the molecule is Nc1ccc(C2CCCN2C(=O)c2ccc(Cl)cc2F)nn1. The Morgan fingerprint density at radius 3 is 2.82 bits per heavy atom. The van der Waals surface area contributed by atoms with Crippen LogP contribution in [0, 0.1) is 5.82 Å². The number of nitrogens with zero attached hydrogens (tertiary/aromatic N) is 3. The Labute approximate surface area is 131 Å². The lowest BCUT2D eigenvalue weighted by Crippen LogP contribution is -2.31. The predicted octanol–water partition coefficient (Wildman–Crippen LogP) is 2.83. The lowest BCUT2D eigenvalue weighted by molar-refractivity contribution is 0.0727. The Bertz CT molecular complexity index is 707. The molecule has 114 valence electrons. The molecule has 2 aromatic rings. The normalized spacial score (nSPS) is 17.7. The minimum absolute atomic E-state index is 0.0136. The Kier molecular flexibility index (Phi) is 3.94.